The van der Waals surface area contributed by atoms with Crippen LogP contribution in [0, 0.1) is 5.82 Å². The fourth-order valence-corrected chi connectivity index (χ4v) is 2.42. The van der Waals surface area contributed by atoms with E-state index in [0.29, 0.717) is 17.1 Å². The van der Waals surface area contributed by atoms with Gasteiger partial charge in [0.1, 0.15) is 5.82 Å². The third kappa shape index (κ3) is 1.78. The summed E-state index contributed by atoms with van der Waals surface area (Å²) in [4.78, 5) is 0. The van der Waals surface area contributed by atoms with Gasteiger partial charge in [0.25, 0.3) is 0 Å². The fourth-order valence-electron chi connectivity index (χ4n) is 1.79. The number of nitrogens with two attached hydrogens (primary N) is 1. The van der Waals surface area contributed by atoms with Gasteiger partial charge in [0.15, 0.2) is 11.6 Å². The summed E-state index contributed by atoms with van der Waals surface area (Å²) in [6, 6.07) is 8.03. The molecule has 3 nitrogen and oxygen atoms in total. The average molecular weight is 260 g/mol. The maximum atomic E-state index is 12.9. The lowest BCUT2D eigenvalue weighted by atomic mass is 10.0. The van der Waals surface area contributed by atoms with Crippen LogP contribution in [0.25, 0.3) is 22.5 Å². The minimum Gasteiger partial charge on any atom is -0.380 e. The molecular weight excluding hydrogens is 251 g/mol. The van der Waals surface area contributed by atoms with Crippen molar-refractivity contribution in [1.82, 2.24) is 5.16 Å². The summed E-state index contributed by atoms with van der Waals surface area (Å²) in [5.41, 5.74) is 8.23. The van der Waals surface area contributed by atoms with Crippen LogP contribution in [0.3, 0.4) is 0 Å². The molecule has 0 atom stereocenters. The Morgan fingerprint density at radius 1 is 1.11 bits per heavy atom. The summed E-state index contributed by atoms with van der Waals surface area (Å²) in [5, 5.41) is 7.68. The van der Waals surface area contributed by atoms with E-state index in [0.717, 1.165) is 11.1 Å². The van der Waals surface area contributed by atoms with Crippen LogP contribution in [-0.2, 0) is 0 Å². The molecule has 1 aromatic carbocycles. The number of rotatable bonds is 2. The van der Waals surface area contributed by atoms with E-state index < -0.39 is 0 Å². The molecular formula is C13H9FN2OS. The summed E-state index contributed by atoms with van der Waals surface area (Å²) in [7, 11) is 0. The summed E-state index contributed by atoms with van der Waals surface area (Å²) < 4.78 is 18.2. The molecule has 0 amide bonds. The van der Waals surface area contributed by atoms with Crippen molar-refractivity contribution in [2.75, 3.05) is 5.73 Å². The highest BCUT2D eigenvalue weighted by molar-refractivity contribution is 7.08. The predicted octanol–water partition coefficient (Wildman–Crippen LogP) is 3.79. The Morgan fingerprint density at radius 2 is 1.89 bits per heavy atom. The molecule has 5 heteroatoms. The Bertz CT molecular complexity index is 659. The highest BCUT2D eigenvalue weighted by Gasteiger charge is 2.17. The Balaban J connectivity index is 2.17. The monoisotopic (exact) mass is 260 g/mol. The van der Waals surface area contributed by atoms with Crippen LogP contribution >= 0.6 is 11.3 Å². The van der Waals surface area contributed by atoms with Gasteiger partial charge in [-0.05, 0) is 29.1 Å². The Morgan fingerprint density at radius 3 is 2.56 bits per heavy atom. The van der Waals surface area contributed by atoms with Gasteiger partial charge in [-0.15, -0.1) is 0 Å². The lowest BCUT2D eigenvalue weighted by Crippen LogP contribution is -1.88. The van der Waals surface area contributed by atoms with Gasteiger partial charge in [-0.3, -0.25) is 0 Å². The van der Waals surface area contributed by atoms with Gasteiger partial charge in [-0.2, -0.15) is 11.3 Å². The zero-order valence-corrected chi connectivity index (χ0v) is 10.1. The molecule has 0 aliphatic rings. The summed E-state index contributed by atoms with van der Waals surface area (Å²) >= 11 is 1.56. The molecule has 0 saturated heterocycles. The summed E-state index contributed by atoms with van der Waals surface area (Å²) in [5.74, 6) is 0.633. The van der Waals surface area contributed by atoms with Gasteiger partial charge in [0.05, 0.1) is 5.56 Å². The molecule has 90 valence electrons. The molecule has 0 aliphatic heterocycles. The van der Waals surface area contributed by atoms with Crippen LogP contribution < -0.4 is 5.73 Å². The summed E-state index contributed by atoms with van der Waals surface area (Å²) in [6.07, 6.45) is 0. The molecule has 0 radical (unpaired) electrons. The van der Waals surface area contributed by atoms with E-state index >= 15 is 0 Å². The highest BCUT2D eigenvalue weighted by Crippen LogP contribution is 2.37. The van der Waals surface area contributed by atoms with Crippen LogP contribution in [0.5, 0.6) is 0 Å². The van der Waals surface area contributed by atoms with Gasteiger partial charge >= 0.3 is 0 Å². The molecule has 2 N–H and O–H groups in total. The second-order valence-corrected chi connectivity index (χ2v) is 4.57. The van der Waals surface area contributed by atoms with Gasteiger partial charge < -0.3 is 10.3 Å². The van der Waals surface area contributed by atoms with Gasteiger partial charge in [-0.1, -0.05) is 17.3 Å². The molecule has 0 unspecified atom stereocenters. The van der Waals surface area contributed by atoms with Crippen LogP contribution in [0.4, 0.5) is 10.2 Å². The first-order chi connectivity index (χ1) is 8.75. The number of thiophene rings is 1. The first-order valence-corrected chi connectivity index (χ1v) is 6.23. The van der Waals surface area contributed by atoms with E-state index in [1.54, 1.807) is 23.5 Å². The van der Waals surface area contributed by atoms with E-state index in [-0.39, 0.29) is 5.82 Å². The van der Waals surface area contributed by atoms with Crippen LogP contribution in [0.15, 0.2) is 45.6 Å². The second kappa shape index (κ2) is 4.27. The first-order valence-electron chi connectivity index (χ1n) is 5.29. The normalized spacial score (nSPS) is 10.7. The quantitative estimate of drug-likeness (QED) is 0.762. The molecule has 0 fully saturated rings. The van der Waals surface area contributed by atoms with E-state index in [1.165, 1.54) is 12.1 Å². The van der Waals surface area contributed by atoms with Crippen LogP contribution in [-0.4, -0.2) is 5.16 Å². The lowest BCUT2D eigenvalue weighted by Gasteiger charge is -2.01. The van der Waals surface area contributed by atoms with Crippen molar-refractivity contribution in [1.29, 1.82) is 0 Å². The molecule has 3 aromatic rings. The van der Waals surface area contributed by atoms with Crippen molar-refractivity contribution >= 4 is 17.2 Å². The zero-order valence-electron chi connectivity index (χ0n) is 9.26. The largest absolute Gasteiger partial charge is 0.380 e. The highest BCUT2D eigenvalue weighted by atomic mass is 32.1. The first kappa shape index (κ1) is 11.0. The number of nitrogens with zero attached hydrogens (tertiary/aromatic N) is 1. The van der Waals surface area contributed by atoms with E-state index in [4.69, 9.17) is 10.3 Å². The summed E-state index contributed by atoms with van der Waals surface area (Å²) in [6.45, 7) is 0. The molecule has 2 heterocycles. The molecule has 18 heavy (non-hydrogen) atoms. The standard InChI is InChI=1S/C13H9FN2OS/c14-10-3-1-8(2-4-10)11-12(17-16-13(11)15)9-5-6-18-7-9/h1-7H,(H2,15,16). The van der Waals surface area contributed by atoms with Crippen molar-refractivity contribution in [3.8, 4) is 22.5 Å². The second-order valence-electron chi connectivity index (χ2n) is 3.79. The minimum absolute atomic E-state index is 0.286. The van der Waals surface area contributed by atoms with Crippen molar-refractivity contribution in [3.63, 3.8) is 0 Å². The molecule has 3 rings (SSSR count). The van der Waals surface area contributed by atoms with E-state index in [2.05, 4.69) is 5.16 Å². The zero-order chi connectivity index (χ0) is 12.5. The van der Waals surface area contributed by atoms with E-state index in [9.17, 15) is 4.39 Å². The number of aromatic nitrogens is 1. The maximum Gasteiger partial charge on any atom is 0.177 e. The van der Waals surface area contributed by atoms with Gasteiger partial charge in [0.2, 0.25) is 0 Å². The predicted molar refractivity (Wildman–Crippen MR) is 69.6 cm³/mol. The third-order valence-electron chi connectivity index (χ3n) is 2.63. The molecule has 0 saturated carbocycles. The molecule has 2 aromatic heterocycles. The fraction of sp³-hybridized carbons (Fsp3) is 0. The lowest BCUT2D eigenvalue weighted by molar-refractivity contribution is 0.436. The van der Waals surface area contributed by atoms with Crippen molar-refractivity contribution < 1.29 is 8.91 Å². The van der Waals surface area contributed by atoms with Crippen LogP contribution in [0.1, 0.15) is 0 Å². The molecule has 0 aliphatic carbocycles. The van der Waals surface area contributed by atoms with E-state index in [1.807, 2.05) is 16.8 Å². The number of hydrogen-bond donors (Lipinski definition) is 1. The maximum absolute atomic E-state index is 12.9. The molecule has 0 spiro atoms. The van der Waals surface area contributed by atoms with Gasteiger partial charge in [0, 0.05) is 10.9 Å². The SMILES string of the molecule is Nc1noc(-c2ccsc2)c1-c1ccc(F)cc1. The van der Waals surface area contributed by atoms with Crippen LogP contribution in [0.2, 0.25) is 0 Å². The Labute approximate surface area is 107 Å². The van der Waals surface area contributed by atoms with Crippen molar-refractivity contribution in [2.45, 2.75) is 0 Å². The topological polar surface area (TPSA) is 52.0 Å². The van der Waals surface area contributed by atoms with Crippen molar-refractivity contribution in [2.24, 2.45) is 0 Å². The van der Waals surface area contributed by atoms with Gasteiger partial charge in [-0.25, -0.2) is 4.39 Å². The number of anilines is 1. The Hall–Kier alpha value is -2.14. The third-order valence-corrected chi connectivity index (χ3v) is 3.32. The van der Waals surface area contributed by atoms with Crippen molar-refractivity contribution in [3.05, 3.63) is 46.9 Å². The average Bonchev–Trinajstić information content (AvgIpc) is 2.99. The number of hydrogen-bond acceptors (Lipinski definition) is 4. The number of benzene rings is 1. The number of nitrogen functional groups attached to an aromatic ring is 1. The molecule has 0 bridgehead atoms. The number of halogens is 1. The minimum atomic E-state index is -0.286. The Kier molecular flexibility index (Phi) is 2.60. The smallest absolute Gasteiger partial charge is 0.177 e.